The second-order valence-electron chi connectivity index (χ2n) is 3.48. The third-order valence-corrected chi connectivity index (χ3v) is 3.79. The topological polar surface area (TPSA) is 39.4 Å². The van der Waals surface area contributed by atoms with Crippen molar-refractivity contribution in [2.45, 2.75) is 10.6 Å². The van der Waals surface area contributed by atoms with Crippen molar-refractivity contribution in [1.29, 1.82) is 0 Å². The quantitative estimate of drug-likeness (QED) is 0.627. The molecule has 0 aliphatic heterocycles. The molecule has 0 fully saturated rings. The van der Waals surface area contributed by atoms with Gasteiger partial charge in [0.2, 0.25) is 5.76 Å². The first-order valence-electron chi connectivity index (χ1n) is 5.25. The number of carbonyl (C=O) groups is 1. The number of hydrogen-bond donors (Lipinski definition) is 0. The molecule has 1 aromatic heterocycles. The maximum Gasteiger partial charge on any atom is 0.373 e. The minimum Gasteiger partial charge on any atom is -0.463 e. The number of furan rings is 1. The molecule has 0 bridgehead atoms. The highest BCUT2D eigenvalue weighted by molar-refractivity contribution is 7.98. The molecular weight excluding hydrogens is 272 g/mol. The van der Waals surface area contributed by atoms with Gasteiger partial charge in [-0.05, 0) is 24.3 Å². The van der Waals surface area contributed by atoms with Crippen molar-refractivity contribution in [2.24, 2.45) is 0 Å². The average molecular weight is 283 g/mol. The molecule has 2 aromatic rings. The molecule has 0 spiro atoms. The predicted octanol–water partition coefficient (Wildman–Crippen LogP) is 4.01. The van der Waals surface area contributed by atoms with Crippen LogP contribution in [0.15, 0.2) is 45.7 Å². The fraction of sp³-hybridized carbons (Fsp3) is 0.154. The van der Waals surface area contributed by atoms with E-state index in [2.05, 4.69) is 4.74 Å². The summed E-state index contributed by atoms with van der Waals surface area (Å²) < 4.78 is 9.93. The van der Waals surface area contributed by atoms with E-state index in [0.29, 0.717) is 16.5 Å². The maximum absolute atomic E-state index is 11.2. The van der Waals surface area contributed by atoms with Gasteiger partial charge in [0.1, 0.15) is 5.76 Å². The van der Waals surface area contributed by atoms with Gasteiger partial charge in [-0.15, -0.1) is 11.8 Å². The van der Waals surface area contributed by atoms with Gasteiger partial charge >= 0.3 is 5.97 Å². The van der Waals surface area contributed by atoms with E-state index in [-0.39, 0.29) is 5.76 Å². The Balaban J connectivity index is 2.01. The molecule has 0 aliphatic rings. The predicted molar refractivity (Wildman–Crippen MR) is 71.1 cm³/mol. The SMILES string of the molecule is COC(=O)c1ccc(CSc2ccccc2Cl)o1. The van der Waals surface area contributed by atoms with E-state index in [9.17, 15) is 4.79 Å². The number of hydrogen-bond acceptors (Lipinski definition) is 4. The van der Waals surface area contributed by atoms with Crippen molar-refractivity contribution in [3.05, 3.63) is 52.9 Å². The van der Waals surface area contributed by atoms with Crippen molar-refractivity contribution in [3.8, 4) is 0 Å². The van der Waals surface area contributed by atoms with Crippen LogP contribution in [-0.4, -0.2) is 13.1 Å². The molecule has 0 unspecified atom stereocenters. The first kappa shape index (κ1) is 13.1. The number of esters is 1. The molecule has 1 aromatic carbocycles. The molecule has 0 radical (unpaired) electrons. The summed E-state index contributed by atoms with van der Waals surface area (Å²) in [4.78, 5) is 12.2. The number of carbonyl (C=O) groups excluding carboxylic acids is 1. The minimum atomic E-state index is -0.469. The molecule has 18 heavy (non-hydrogen) atoms. The molecule has 0 N–H and O–H groups in total. The van der Waals surface area contributed by atoms with Crippen molar-refractivity contribution in [3.63, 3.8) is 0 Å². The molecule has 0 aliphatic carbocycles. The Labute approximate surface area is 114 Å². The summed E-state index contributed by atoms with van der Waals surface area (Å²) in [5.74, 6) is 1.07. The van der Waals surface area contributed by atoms with Gasteiger partial charge in [0.15, 0.2) is 0 Å². The van der Waals surface area contributed by atoms with Gasteiger partial charge in [-0.25, -0.2) is 4.79 Å². The van der Waals surface area contributed by atoms with Gasteiger partial charge in [-0.3, -0.25) is 0 Å². The molecule has 0 atom stereocenters. The lowest BCUT2D eigenvalue weighted by molar-refractivity contribution is 0.0563. The number of halogens is 1. The highest BCUT2D eigenvalue weighted by atomic mass is 35.5. The Morgan fingerprint density at radius 2 is 2.11 bits per heavy atom. The van der Waals surface area contributed by atoms with Crippen molar-refractivity contribution < 1.29 is 13.9 Å². The monoisotopic (exact) mass is 282 g/mol. The van der Waals surface area contributed by atoms with E-state index in [1.54, 1.807) is 23.9 Å². The molecule has 5 heteroatoms. The summed E-state index contributed by atoms with van der Waals surface area (Å²) in [7, 11) is 1.32. The Bertz CT molecular complexity index is 551. The first-order chi connectivity index (χ1) is 8.70. The van der Waals surface area contributed by atoms with Gasteiger partial charge in [-0.1, -0.05) is 23.7 Å². The summed E-state index contributed by atoms with van der Waals surface area (Å²) in [6, 6.07) is 11.0. The van der Waals surface area contributed by atoms with E-state index in [1.807, 2.05) is 24.3 Å². The molecule has 0 saturated carbocycles. The van der Waals surface area contributed by atoms with Crippen molar-refractivity contribution in [1.82, 2.24) is 0 Å². The standard InChI is InChI=1S/C13H11ClO3S/c1-16-13(15)11-7-6-9(17-11)8-18-12-5-3-2-4-10(12)14/h2-7H,8H2,1H3. The number of methoxy groups -OCH3 is 1. The van der Waals surface area contributed by atoms with Gasteiger partial charge in [0.05, 0.1) is 17.9 Å². The molecule has 3 nitrogen and oxygen atoms in total. The van der Waals surface area contributed by atoms with Crippen molar-refractivity contribution in [2.75, 3.05) is 7.11 Å². The Hall–Kier alpha value is -1.39. The van der Waals surface area contributed by atoms with Gasteiger partial charge in [0.25, 0.3) is 0 Å². The highest BCUT2D eigenvalue weighted by Crippen LogP contribution is 2.29. The molecule has 94 valence electrons. The van der Waals surface area contributed by atoms with Crippen LogP contribution >= 0.6 is 23.4 Å². The zero-order valence-corrected chi connectivity index (χ0v) is 11.3. The van der Waals surface area contributed by atoms with E-state index in [1.165, 1.54) is 7.11 Å². The van der Waals surface area contributed by atoms with E-state index >= 15 is 0 Å². The highest BCUT2D eigenvalue weighted by Gasteiger charge is 2.11. The van der Waals surface area contributed by atoms with Crippen LogP contribution in [0.5, 0.6) is 0 Å². The van der Waals surface area contributed by atoms with Crippen LogP contribution in [0.3, 0.4) is 0 Å². The van der Waals surface area contributed by atoms with E-state index in [0.717, 1.165) is 4.90 Å². The Morgan fingerprint density at radius 1 is 1.33 bits per heavy atom. The fourth-order valence-electron chi connectivity index (χ4n) is 1.38. The van der Waals surface area contributed by atoms with Crippen LogP contribution in [0.4, 0.5) is 0 Å². The molecule has 0 amide bonds. The first-order valence-corrected chi connectivity index (χ1v) is 6.61. The lowest BCUT2D eigenvalue weighted by atomic mass is 10.4. The molecular formula is C13H11ClO3S. The second kappa shape index (κ2) is 5.98. The van der Waals surface area contributed by atoms with Gasteiger partial charge in [-0.2, -0.15) is 0 Å². The zero-order valence-electron chi connectivity index (χ0n) is 9.68. The molecule has 1 heterocycles. The Kier molecular flexibility index (Phi) is 4.33. The van der Waals surface area contributed by atoms with Crippen LogP contribution in [0, 0.1) is 0 Å². The zero-order chi connectivity index (χ0) is 13.0. The van der Waals surface area contributed by atoms with E-state index in [4.69, 9.17) is 16.0 Å². The lowest BCUT2D eigenvalue weighted by Crippen LogP contribution is -1.98. The number of thioether (sulfide) groups is 1. The van der Waals surface area contributed by atoms with Crippen LogP contribution < -0.4 is 0 Å². The van der Waals surface area contributed by atoms with Gasteiger partial charge in [0, 0.05) is 4.90 Å². The third-order valence-electron chi connectivity index (χ3n) is 2.25. The summed E-state index contributed by atoms with van der Waals surface area (Å²) in [5, 5.41) is 0.710. The van der Waals surface area contributed by atoms with Crippen LogP contribution in [0.1, 0.15) is 16.3 Å². The maximum atomic E-state index is 11.2. The van der Waals surface area contributed by atoms with Crippen LogP contribution in [0.25, 0.3) is 0 Å². The molecule has 2 rings (SSSR count). The van der Waals surface area contributed by atoms with Crippen LogP contribution in [-0.2, 0) is 10.5 Å². The van der Waals surface area contributed by atoms with Crippen molar-refractivity contribution >= 4 is 29.3 Å². The third kappa shape index (κ3) is 3.09. The summed E-state index contributed by atoms with van der Waals surface area (Å²) in [5.41, 5.74) is 0. The second-order valence-corrected chi connectivity index (χ2v) is 4.90. The minimum absolute atomic E-state index is 0.215. The van der Waals surface area contributed by atoms with E-state index < -0.39 is 5.97 Å². The number of rotatable bonds is 4. The Morgan fingerprint density at radius 3 is 2.83 bits per heavy atom. The number of ether oxygens (including phenoxy) is 1. The molecule has 0 saturated heterocycles. The van der Waals surface area contributed by atoms with Gasteiger partial charge < -0.3 is 9.15 Å². The summed E-state index contributed by atoms with van der Waals surface area (Å²) in [6.07, 6.45) is 0. The smallest absolute Gasteiger partial charge is 0.373 e. The number of benzene rings is 1. The fourth-order valence-corrected chi connectivity index (χ4v) is 2.51. The van der Waals surface area contributed by atoms with Crippen LogP contribution in [0.2, 0.25) is 5.02 Å². The largest absolute Gasteiger partial charge is 0.463 e. The lowest BCUT2D eigenvalue weighted by Gasteiger charge is -2.01. The average Bonchev–Trinajstić information content (AvgIpc) is 2.86. The summed E-state index contributed by atoms with van der Waals surface area (Å²) in [6.45, 7) is 0. The normalized spacial score (nSPS) is 10.3. The summed E-state index contributed by atoms with van der Waals surface area (Å²) >= 11 is 7.60.